The fraction of sp³-hybridized carbons (Fsp3) is 0.130. The van der Waals surface area contributed by atoms with Crippen LogP contribution < -0.4 is 10.1 Å². The topological polar surface area (TPSA) is 81.9 Å². The summed E-state index contributed by atoms with van der Waals surface area (Å²) >= 11 is 0. The predicted molar refractivity (Wildman–Crippen MR) is 114 cm³/mol. The number of rotatable bonds is 6. The highest BCUT2D eigenvalue weighted by Gasteiger charge is 2.17. The van der Waals surface area contributed by atoms with E-state index >= 15 is 0 Å². The number of nitrogens with zero attached hydrogens (tertiary/aromatic N) is 4. The maximum Gasteiger partial charge on any atom is 0.269 e. The first-order chi connectivity index (χ1) is 15.4. The molecule has 2 heterocycles. The van der Waals surface area contributed by atoms with Gasteiger partial charge < -0.3 is 10.1 Å². The second-order valence-electron chi connectivity index (χ2n) is 6.97. The number of carbonyl (C=O) groups excluding carboxylic acids is 1. The first kappa shape index (κ1) is 21.1. The van der Waals surface area contributed by atoms with Gasteiger partial charge in [0.1, 0.15) is 29.4 Å². The van der Waals surface area contributed by atoms with Gasteiger partial charge in [-0.05, 0) is 48.5 Å². The largest absolute Gasteiger partial charge is 0.497 e. The molecule has 0 aliphatic heterocycles. The molecule has 2 aromatic heterocycles. The van der Waals surface area contributed by atoms with Gasteiger partial charge in [0.2, 0.25) is 0 Å². The Morgan fingerprint density at radius 3 is 2.53 bits per heavy atom. The molecule has 0 bridgehead atoms. The van der Waals surface area contributed by atoms with Crippen LogP contribution in [0, 0.1) is 11.6 Å². The van der Waals surface area contributed by atoms with E-state index in [9.17, 15) is 13.6 Å². The average Bonchev–Trinajstić information content (AvgIpc) is 3.19. The summed E-state index contributed by atoms with van der Waals surface area (Å²) < 4.78 is 33.7. The molecule has 1 amide bonds. The molecule has 0 fully saturated rings. The fourth-order valence-corrected chi connectivity index (χ4v) is 3.18. The number of carbonyl (C=O) groups is 1. The van der Waals surface area contributed by atoms with Gasteiger partial charge in [0.05, 0.1) is 30.7 Å². The molecule has 4 aromatic rings. The second kappa shape index (κ2) is 8.93. The number of halogens is 2. The number of hydrogen-bond acceptors (Lipinski definition) is 5. The predicted octanol–water partition coefficient (Wildman–Crippen LogP) is 3.76. The normalized spacial score (nSPS) is 10.8. The molecule has 9 heteroatoms. The number of nitrogens with one attached hydrogen (secondary N) is 1. The zero-order valence-electron chi connectivity index (χ0n) is 17.3. The van der Waals surface area contributed by atoms with E-state index in [4.69, 9.17) is 4.74 Å². The molecule has 0 saturated heterocycles. The van der Waals surface area contributed by atoms with Crippen molar-refractivity contribution in [2.45, 2.75) is 6.54 Å². The number of aryl methyl sites for hydroxylation is 1. The van der Waals surface area contributed by atoms with E-state index in [0.717, 1.165) is 23.4 Å². The molecule has 162 valence electrons. The van der Waals surface area contributed by atoms with Crippen molar-refractivity contribution in [3.63, 3.8) is 0 Å². The summed E-state index contributed by atoms with van der Waals surface area (Å²) in [6, 6.07) is 13.9. The van der Waals surface area contributed by atoms with Gasteiger partial charge in [-0.2, -0.15) is 5.10 Å². The van der Waals surface area contributed by atoms with Crippen LogP contribution in [0.15, 0.2) is 60.9 Å². The van der Waals surface area contributed by atoms with E-state index < -0.39 is 17.5 Å². The Hall–Kier alpha value is -4.14. The monoisotopic (exact) mass is 435 g/mol. The highest BCUT2D eigenvalue weighted by atomic mass is 19.1. The van der Waals surface area contributed by atoms with E-state index in [-0.39, 0.29) is 23.5 Å². The quantitative estimate of drug-likeness (QED) is 0.499. The van der Waals surface area contributed by atoms with Crippen LogP contribution in [0.3, 0.4) is 0 Å². The van der Waals surface area contributed by atoms with Crippen molar-refractivity contribution >= 4 is 5.91 Å². The van der Waals surface area contributed by atoms with Gasteiger partial charge in [-0.15, -0.1) is 0 Å². The third-order valence-corrected chi connectivity index (χ3v) is 4.86. The fourth-order valence-electron chi connectivity index (χ4n) is 3.18. The van der Waals surface area contributed by atoms with Crippen molar-refractivity contribution in [1.29, 1.82) is 0 Å². The number of aromatic nitrogens is 4. The van der Waals surface area contributed by atoms with Crippen LogP contribution in [0.5, 0.6) is 5.75 Å². The molecule has 0 aliphatic rings. The molecule has 7 nitrogen and oxygen atoms in total. The smallest absolute Gasteiger partial charge is 0.269 e. The van der Waals surface area contributed by atoms with Crippen LogP contribution in [0.2, 0.25) is 0 Å². The highest BCUT2D eigenvalue weighted by Crippen LogP contribution is 2.23. The van der Waals surface area contributed by atoms with E-state index in [1.54, 1.807) is 20.2 Å². The summed E-state index contributed by atoms with van der Waals surface area (Å²) in [5.41, 5.74) is 2.79. The number of ether oxygens (including phenoxy) is 1. The Morgan fingerprint density at radius 2 is 1.81 bits per heavy atom. The van der Waals surface area contributed by atoms with Crippen LogP contribution in [-0.4, -0.2) is 32.8 Å². The average molecular weight is 435 g/mol. The van der Waals surface area contributed by atoms with Crippen molar-refractivity contribution in [2.75, 3.05) is 7.11 Å². The Bertz CT molecular complexity index is 1270. The Kier molecular flexibility index (Phi) is 5.89. The molecule has 4 rings (SSSR count). The molecule has 1 N–H and O–H groups in total. The molecule has 0 radical (unpaired) electrons. The summed E-state index contributed by atoms with van der Waals surface area (Å²) in [5.74, 6) is -1.09. The number of benzene rings is 2. The lowest BCUT2D eigenvalue weighted by molar-refractivity contribution is 0.0941. The van der Waals surface area contributed by atoms with Gasteiger partial charge in [0, 0.05) is 24.2 Å². The Morgan fingerprint density at radius 1 is 1.03 bits per heavy atom. The molecule has 0 aliphatic carbocycles. The van der Waals surface area contributed by atoms with Gasteiger partial charge in [-0.3, -0.25) is 9.48 Å². The van der Waals surface area contributed by atoms with Gasteiger partial charge in [-0.25, -0.2) is 18.7 Å². The van der Waals surface area contributed by atoms with Gasteiger partial charge in [0.25, 0.3) is 5.91 Å². The minimum Gasteiger partial charge on any atom is -0.497 e. The maximum absolute atomic E-state index is 14.1. The third kappa shape index (κ3) is 4.46. The third-order valence-electron chi connectivity index (χ3n) is 4.86. The lowest BCUT2D eigenvalue weighted by Crippen LogP contribution is -2.25. The molecule has 0 saturated carbocycles. The number of methoxy groups -OCH3 is 1. The van der Waals surface area contributed by atoms with E-state index in [0.29, 0.717) is 11.4 Å². The zero-order valence-corrected chi connectivity index (χ0v) is 17.3. The molecule has 32 heavy (non-hydrogen) atoms. The summed E-state index contributed by atoms with van der Waals surface area (Å²) in [4.78, 5) is 21.1. The Labute approximate surface area is 182 Å². The van der Waals surface area contributed by atoms with Crippen molar-refractivity contribution in [3.05, 3.63) is 83.9 Å². The minimum absolute atomic E-state index is 0.112. The summed E-state index contributed by atoms with van der Waals surface area (Å²) in [7, 11) is 3.17. The summed E-state index contributed by atoms with van der Waals surface area (Å²) in [6.45, 7) is 0.163. The zero-order chi connectivity index (χ0) is 22.7. The van der Waals surface area contributed by atoms with Crippen LogP contribution >= 0.6 is 0 Å². The summed E-state index contributed by atoms with van der Waals surface area (Å²) in [6.07, 6.45) is 1.43. The van der Waals surface area contributed by atoms with E-state index in [1.165, 1.54) is 23.1 Å². The van der Waals surface area contributed by atoms with Crippen molar-refractivity contribution in [3.8, 4) is 28.3 Å². The number of amides is 1. The van der Waals surface area contributed by atoms with Crippen LogP contribution in [0.1, 0.15) is 16.2 Å². The molecule has 0 atom stereocenters. The molecular formula is C23H19F2N5O2. The SMILES string of the molecule is COc1ccc(-c2cc(CNC(=O)c3cc(-c4ccc(F)cc4F)nn3C)ncn2)cc1. The second-order valence-corrected chi connectivity index (χ2v) is 6.97. The molecular weight excluding hydrogens is 416 g/mol. The molecule has 0 spiro atoms. The first-order valence-corrected chi connectivity index (χ1v) is 9.67. The molecule has 0 unspecified atom stereocenters. The van der Waals surface area contributed by atoms with Crippen molar-refractivity contribution < 1.29 is 18.3 Å². The maximum atomic E-state index is 14.1. The van der Waals surface area contributed by atoms with E-state index in [2.05, 4.69) is 20.4 Å². The van der Waals surface area contributed by atoms with Crippen molar-refractivity contribution in [1.82, 2.24) is 25.1 Å². The van der Waals surface area contributed by atoms with Gasteiger partial charge >= 0.3 is 0 Å². The van der Waals surface area contributed by atoms with Gasteiger partial charge in [0.15, 0.2) is 0 Å². The minimum atomic E-state index is -0.748. The van der Waals surface area contributed by atoms with Crippen LogP contribution in [0.4, 0.5) is 8.78 Å². The van der Waals surface area contributed by atoms with E-state index in [1.807, 2.05) is 24.3 Å². The Balaban J connectivity index is 1.48. The standard InChI is InChI=1S/C23H19F2N5O2/c1-30-22(11-21(29-30)18-8-5-15(24)9-19(18)25)23(31)26-12-16-10-20(28-13-27-16)14-3-6-17(32-2)7-4-14/h3-11,13H,12H2,1-2H3,(H,26,31). The summed E-state index contributed by atoms with van der Waals surface area (Å²) in [5, 5.41) is 6.95. The van der Waals surface area contributed by atoms with Crippen LogP contribution in [0.25, 0.3) is 22.5 Å². The lowest BCUT2D eigenvalue weighted by atomic mass is 10.1. The van der Waals surface area contributed by atoms with Crippen molar-refractivity contribution in [2.24, 2.45) is 7.05 Å². The van der Waals surface area contributed by atoms with Crippen LogP contribution in [-0.2, 0) is 13.6 Å². The number of hydrogen-bond donors (Lipinski definition) is 1. The first-order valence-electron chi connectivity index (χ1n) is 9.67. The molecule has 2 aromatic carbocycles. The lowest BCUT2D eigenvalue weighted by Gasteiger charge is -2.07. The van der Waals surface area contributed by atoms with Gasteiger partial charge in [-0.1, -0.05) is 0 Å². The highest BCUT2D eigenvalue weighted by molar-refractivity contribution is 5.93.